The van der Waals surface area contributed by atoms with Gasteiger partial charge < -0.3 is 9.32 Å². The van der Waals surface area contributed by atoms with Crippen LogP contribution in [0.2, 0.25) is 0 Å². The molecule has 0 bridgehead atoms. The average Bonchev–Trinajstić information content (AvgIpc) is 3.02. The van der Waals surface area contributed by atoms with Crippen molar-refractivity contribution in [2.24, 2.45) is 7.05 Å². The smallest absolute Gasteiger partial charge is 0.374 e. The van der Waals surface area contributed by atoms with Crippen LogP contribution < -0.4 is 9.47 Å². The molecule has 0 amide bonds. The summed E-state index contributed by atoms with van der Waals surface area (Å²) in [7, 11) is 3.53. The van der Waals surface area contributed by atoms with Crippen LogP contribution in [0.5, 0.6) is 0 Å². The minimum absolute atomic E-state index is 0.136. The number of aryl methyl sites for hydroxylation is 1. The molecule has 0 spiro atoms. The first kappa shape index (κ1) is 18.0. The number of likely N-dealkylation sites (N-methyl/N-ethyl adjacent to an activating group) is 1. The number of anilines is 1. The van der Waals surface area contributed by atoms with Crippen molar-refractivity contribution >= 4 is 23.8 Å². The monoisotopic (exact) mass is 361 g/mol. The molecule has 134 valence electrons. The number of rotatable bonds is 5. The molecule has 0 saturated carbocycles. The molecule has 0 radical (unpaired) electrons. The van der Waals surface area contributed by atoms with Gasteiger partial charge in [-0.25, -0.2) is 4.89 Å². The van der Waals surface area contributed by atoms with E-state index in [1.807, 2.05) is 14.0 Å². The number of benzene rings is 1. The van der Waals surface area contributed by atoms with Crippen LogP contribution in [0, 0.1) is 6.92 Å². The highest BCUT2D eigenvalue weighted by molar-refractivity contribution is 7.94. The summed E-state index contributed by atoms with van der Waals surface area (Å²) in [5.41, 5.74) is 4.69. The van der Waals surface area contributed by atoms with Gasteiger partial charge >= 0.3 is 5.89 Å². The maximum Gasteiger partial charge on any atom is 0.374 e. The van der Waals surface area contributed by atoms with Crippen LogP contribution in [0.4, 0.5) is 5.69 Å². The Labute approximate surface area is 153 Å². The van der Waals surface area contributed by atoms with Crippen molar-refractivity contribution in [2.75, 3.05) is 18.6 Å². The summed E-state index contributed by atoms with van der Waals surface area (Å²) >= 11 is 1.22. The molecule has 2 heterocycles. The van der Waals surface area contributed by atoms with Crippen LogP contribution in [0.3, 0.4) is 0 Å². The van der Waals surface area contributed by atoms with Crippen LogP contribution in [0.15, 0.2) is 39.5 Å². The second-order valence-corrected chi connectivity index (χ2v) is 7.44. The molecule has 0 fully saturated rings. The van der Waals surface area contributed by atoms with Gasteiger partial charge in [-0.1, -0.05) is 13.8 Å². The Hall–Kier alpha value is -1.76. The van der Waals surface area contributed by atoms with Gasteiger partial charge in [-0.2, -0.15) is 8.90 Å². The zero-order valence-electron chi connectivity index (χ0n) is 15.6. The maximum atomic E-state index is 5.74. The largest absolute Gasteiger partial charge is 0.406 e. The summed E-state index contributed by atoms with van der Waals surface area (Å²) < 4.78 is 12.8. The molecule has 2 aromatic rings. The second-order valence-electron chi connectivity index (χ2n) is 6.67. The van der Waals surface area contributed by atoms with Crippen LogP contribution in [-0.4, -0.2) is 13.7 Å². The van der Waals surface area contributed by atoms with Crippen molar-refractivity contribution in [3.05, 3.63) is 47.3 Å². The fourth-order valence-electron chi connectivity index (χ4n) is 3.31. The van der Waals surface area contributed by atoms with E-state index in [4.69, 9.17) is 13.6 Å². The first-order valence-corrected chi connectivity index (χ1v) is 9.10. The molecular formula is C19H25N2O3S+. The SMILES string of the molecule is CCN1C(=Cc2occ(C)[n+]2C)C(C)(C)c2cc(SOOC)ccc21. The third kappa shape index (κ3) is 3.10. The lowest BCUT2D eigenvalue weighted by Gasteiger charge is -2.25. The predicted molar refractivity (Wildman–Crippen MR) is 99.0 cm³/mol. The lowest BCUT2D eigenvalue weighted by Crippen LogP contribution is -2.33. The van der Waals surface area contributed by atoms with E-state index in [-0.39, 0.29) is 5.41 Å². The summed E-state index contributed by atoms with van der Waals surface area (Å²) in [6, 6.07) is 6.38. The zero-order valence-corrected chi connectivity index (χ0v) is 16.4. The van der Waals surface area contributed by atoms with E-state index >= 15 is 0 Å². The summed E-state index contributed by atoms with van der Waals surface area (Å²) in [4.78, 5) is 8.07. The van der Waals surface area contributed by atoms with Crippen LogP contribution in [-0.2, 0) is 21.7 Å². The number of aromatic nitrogens is 1. The van der Waals surface area contributed by atoms with Crippen molar-refractivity contribution in [1.29, 1.82) is 0 Å². The van der Waals surface area contributed by atoms with Gasteiger partial charge in [0.15, 0.2) is 6.26 Å². The fourth-order valence-corrected chi connectivity index (χ4v) is 3.74. The molecule has 0 unspecified atom stereocenters. The maximum absolute atomic E-state index is 5.74. The Morgan fingerprint density at radius 2 is 2.12 bits per heavy atom. The van der Waals surface area contributed by atoms with Crippen LogP contribution in [0.1, 0.15) is 37.9 Å². The molecule has 1 aliphatic heterocycles. The number of oxazole rings is 1. The number of fused-ring (bicyclic) bond motifs is 1. The highest BCUT2D eigenvalue weighted by Gasteiger charge is 2.40. The summed E-state index contributed by atoms with van der Waals surface area (Å²) in [5, 5.41) is 0. The molecule has 0 N–H and O–H groups in total. The highest BCUT2D eigenvalue weighted by atomic mass is 32.2. The van der Waals surface area contributed by atoms with Gasteiger partial charge in [0.2, 0.25) is 5.69 Å². The fraction of sp³-hybridized carbons (Fsp3) is 0.421. The molecule has 1 aliphatic rings. The Morgan fingerprint density at radius 1 is 1.36 bits per heavy atom. The first-order chi connectivity index (χ1) is 11.9. The lowest BCUT2D eigenvalue weighted by atomic mass is 9.83. The van der Waals surface area contributed by atoms with E-state index in [1.54, 1.807) is 6.26 Å². The van der Waals surface area contributed by atoms with E-state index in [2.05, 4.69) is 54.5 Å². The number of hydrogen-bond acceptors (Lipinski definition) is 5. The first-order valence-electron chi connectivity index (χ1n) is 8.35. The third-order valence-electron chi connectivity index (χ3n) is 4.85. The summed E-state index contributed by atoms with van der Waals surface area (Å²) in [6.45, 7) is 9.59. The molecule has 1 aromatic carbocycles. The van der Waals surface area contributed by atoms with Crippen molar-refractivity contribution in [3.8, 4) is 0 Å². The van der Waals surface area contributed by atoms with Gasteiger partial charge in [0.1, 0.15) is 7.05 Å². The summed E-state index contributed by atoms with van der Waals surface area (Å²) in [5.74, 6) is 0.851. The van der Waals surface area contributed by atoms with E-state index < -0.39 is 0 Å². The van der Waals surface area contributed by atoms with E-state index in [9.17, 15) is 0 Å². The van der Waals surface area contributed by atoms with Crippen molar-refractivity contribution in [2.45, 2.75) is 38.0 Å². The predicted octanol–water partition coefficient (Wildman–Crippen LogP) is 4.16. The molecule has 25 heavy (non-hydrogen) atoms. The van der Waals surface area contributed by atoms with Gasteiger partial charge in [-0.3, -0.25) is 0 Å². The zero-order chi connectivity index (χ0) is 18.2. The second kappa shape index (κ2) is 6.86. The quantitative estimate of drug-likeness (QED) is 0.346. The molecule has 0 aliphatic carbocycles. The minimum Gasteiger partial charge on any atom is -0.406 e. The Kier molecular flexibility index (Phi) is 4.95. The molecule has 5 nitrogen and oxygen atoms in total. The minimum atomic E-state index is -0.136. The molecule has 0 saturated heterocycles. The average molecular weight is 361 g/mol. The lowest BCUT2D eigenvalue weighted by molar-refractivity contribution is -0.682. The van der Waals surface area contributed by atoms with Crippen LogP contribution >= 0.6 is 12.0 Å². The molecular weight excluding hydrogens is 336 g/mol. The van der Waals surface area contributed by atoms with Crippen molar-refractivity contribution in [3.63, 3.8) is 0 Å². The molecule has 6 heteroatoms. The normalized spacial score (nSPS) is 17.4. The topological polar surface area (TPSA) is 38.7 Å². The van der Waals surface area contributed by atoms with Crippen molar-refractivity contribution < 1.29 is 18.2 Å². The molecule has 1 aromatic heterocycles. The van der Waals surface area contributed by atoms with Crippen LogP contribution in [0.25, 0.3) is 6.08 Å². The molecule has 0 atom stereocenters. The van der Waals surface area contributed by atoms with Crippen molar-refractivity contribution in [1.82, 2.24) is 0 Å². The Morgan fingerprint density at radius 3 is 2.72 bits per heavy atom. The number of hydrogen-bond donors (Lipinski definition) is 0. The summed E-state index contributed by atoms with van der Waals surface area (Å²) in [6.07, 6.45) is 3.93. The highest BCUT2D eigenvalue weighted by Crippen LogP contribution is 2.49. The van der Waals surface area contributed by atoms with E-state index in [1.165, 1.54) is 36.1 Å². The number of allylic oxidation sites excluding steroid dienone is 1. The van der Waals surface area contributed by atoms with Gasteiger partial charge in [-0.05, 0) is 30.7 Å². The van der Waals surface area contributed by atoms with E-state index in [0.29, 0.717) is 0 Å². The van der Waals surface area contributed by atoms with Gasteiger partial charge in [0.25, 0.3) is 0 Å². The van der Waals surface area contributed by atoms with Gasteiger partial charge in [0, 0.05) is 35.2 Å². The Bertz CT molecular complexity index is 811. The van der Waals surface area contributed by atoms with E-state index in [0.717, 1.165) is 23.0 Å². The molecule has 3 rings (SSSR count). The number of nitrogens with zero attached hydrogens (tertiary/aromatic N) is 2. The third-order valence-corrected chi connectivity index (χ3v) is 5.50. The standard InChI is InChI=1S/C19H25N2O3S/c1-7-21-16-9-8-14(25-24-22-6)10-15(16)19(3,4)17(21)11-18-20(5)13(2)12-23-18/h8-12H,7H2,1-6H3/q+1. The Balaban J connectivity index is 2.07. The van der Waals surface area contributed by atoms with Gasteiger partial charge in [-0.15, -0.1) is 0 Å². The van der Waals surface area contributed by atoms with Gasteiger partial charge in [0.05, 0.1) is 25.2 Å².